The summed E-state index contributed by atoms with van der Waals surface area (Å²) in [5.41, 5.74) is 10.4. The fraction of sp³-hybridized carbons (Fsp3) is 0.0400. The van der Waals surface area contributed by atoms with E-state index < -0.39 is 0 Å². The molecule has 8 nitrogen and oxygen atoms in total. The van der Waals surface area contributed by atoms with Crippen LogP contribution < -0.4 is 0 Å². The normalized spacial score (nSPS) is 11.5. The van der Waals surface area contributed by atoms with E-state index in [1.54, 1.807) is 24.3 Å². The molecule has 0 saturated carbocycles. The summed E-state index contributed by atoms with van der Waals surface area (Å²) in [5, 5.41) is 11.1. The van der Waals surface area contributed by atoms with Crippen LogP contribution in [0.3, 0.4) is 0 Å². The summed E-state index contributed by atoms with van der Waals surface area (Å²) in [6, 6.07) is 51.9. The number of rotatable bonds is 12. The summed E-state index contributed by atoms with van der Waals surface area (Å²) < 4.78 is 3.65. The van der Waals surface area contributed by atoms with Crippen LogP contribution in [0.2, 0.25) is 0 Å². The van der Waals surface area contributed by atoms with Crippen molar-refractivity contribution in [2.45, 2.75) is 13.8 Å². The lowest BCUT2D eigenvalue weighted by Gasteiger charge is -2.03. The van der Waals surface area contributed by atoms with Crippen molar-refractivity contribution in [2.75, 3.05) is 0 Å². The molecular formula is C50H36N6O2S2. The molecule has 4 heterocycles. The molecule has 0 radical (unpaired) electrons. The average Bonchev–Trinajstić information content (AvgIpc) is 4.11. The van der Waals surface area contributed by atoms with Gasteiger partial charge in [-0.05, 0) is 49.3 Å². The molecular weight excluding hydrogens is 781 g/mol. The van der Waals surface area contributed by atoms with E-state index in [1.165, 1.54) is 22.7 Å². The predicted molar refractivity (Wildman–Crippen MR) is 243 cm³/mol. The van der Waals surface area contributed by atoms with Gasteiger partial charge in [-0.25, -0.2) is 19.3 Å². The number of ketones is 2. The van der Waals surface area contributed by atoms with Crippen molar-refractivity contribution < 1.29 is 9.59 Å². The highest BCUT2D eigenvalue weighted by atomic mass is 32.1. The van der Waals surface area contributed by atoms with Crippen LogP contribution in [-0.2, 0) is 0 Å². The summed E-state index contributed by atoms with van der Waals surface area (Å²) in [5.74, 6) is -0.270. The molecule has 0 unspecified atom stereocenters. The second-order valence-electron chi connectivity index (χ2n) is 14.0. The number of hydrogen-bond donors (Lipinski definition) is 0. The van der Waals surface area contributed by atoms with Gasteiger partial charge in [0.15, 0.2) is 11.6 Å². The molecule has 4 aromatic heterocycles. The van der Waals surface area contributed by atoms with Crippen molar-refractivity contribution in [2.24, 2.45) is 0 Å². The van der Waals surface area contributed by atoms with Gasteiger partial charge >= 0.3 is 0 Å². The number of aryl methyl sites for hydroxylation is 2. The Kier molecular flexibility index (Phi) is 10.7. The van der Waals surface area contributed by atoms with Crippen LogP contribution in [-0.4, -0.2) is 41.1 Å². The van der Waals surface area contributed by atoms with Crippen LogP contribution in [0.15, 0.2) is 170 Å². The van der Waals surface area contributed by atoms with Gasteiger partial charge in [0.1, 0.15) is 0 Å². The van der Waals surface area contributed by atoms with E-state index in [1.807, 2.05) is 169 Å². The number of thiazole rings is 2. The molecule has 0 fully saturated rings. The maximum atomic E-state index is 13.5. The molecule has 0 aliphatic heterocycles. The van der Waals surface area contributed by atoms with Gasteiger partial charge in [-0.3, -0.25) is 9.59 Å². The second-order valence-corrected chi connectivity index (χ2v) is 16.0. The van der Waals surface area contributed by atoms with E-state index >= 15 is 0 Å². The maximum absolute atomic E-state index is 13.5. The zero-order valence-corrected chi connectivity index (χ0v) is 34.3. The third kappa shape index (κ3) is 8.02. The zero-order valence-electron chi connectivity index (χ0n) is 32.6. The summed E-state index contributed by atoms with van der Waals surface area (Å²) >= 11 is 2.65. The van der Waals surface area contributed by atoms with Crippen LogP contribution in [0.5, 0.6) is 0 Å². The van der Waals surface area contributed by atoms with Crippen LogP contribution in [0.1, 0.15) is 41.9 Å². The Balaban J connectivity index is 0.899. The Morgan fingerprint density at radius 3 is 1.15 bits per heavy atom. The standard InChI is InChI=1S/C50H36N6O2S2/c1-33-47(59-49(51-33)55-43(39-19-11-5-12-20-39)31-41(53-55)37-15-7-3-8-16-37)45(57)29-27-35-23-25-36(26-24-35)28-30-46(58)48-34(2)52-50(60-48)56-44(40-21-13-6-14-22-40)32-42(54-56)38-17-9-4-10-18-38/h3-32H,1-2H3/b29-27-,30-28+. The fourth-order valence-electron chi connectivity index (χ4n) is 6.80. The van der Waals surface area contributed by atoms with Crippen molar-refractivity contribution in [3.63, 3.8) is 0 Å². The molecule has 9 rings (SSSR count). The first kappa shape index (κ1) is 38.1. The Labute approximate surface area is 355 Å². The molecule has 10 heteroatoms. The largest absolute Gasteiger partial charge is 0.288 e. The number of carbonyl (C=O) groups is 2. The molecule has 0 spiro atoms. The molecule has 0 N–H and O–H groups in total. The molecule has 60 heavy (non-hydrogen) atoms. The van der Waals surface area contributed by atoms with Crippen molar-refractivity contribution >= 4 is 46.4 Å². The molecule has 9 aromatic rings. The first-order chi connectivity index (χ1) is 29.4. The highest BCUT2D eigenvalue weighted by molar-refractivity contribution is 7.16. The SMILES string of the molecule is Cc1nc(-n2nc(-c3ccccc3)cc2-c2ccccc2)sc1C(=O)/C=C\c1ccc(/C=C/C(=O)c2sc(-n3nc(-c4ccccc4)cc3-c3ccccc3)nc2C)cc1. The molecule has 0 amide bonds. The maximum Gasteiger partial charge on any atom is 0.211 e. The number of allylic oxidation sites excluding steroid dienone is 2. The Bertz CT molecular complexity index is 2810. The molecule has 0 bridgehead atoms. The summed E-state index contributed by atoms with van der Waals surface area (Å²) in [6.45, 7) is 3.70. The Hall–Kier alpha value is -7.40. The average molecular weight is 817 g/mol. The molecule has 290 valence electrons. The van der Waals surface area contributed by atoms with Crippen LogP contribution in [0.4, 0.5) is 0 Å². The Morgan fingerprint density at radius 2 is 0.800 bits per heavy atom. The smallest absolute Gasteiger partial charge is 0.211 e. The van der Waals surface area contributed by atoms with Gasteiger partial charge in [0.25, 0.3) is 0 Å². The lowest BCUT2D eigenvalue weighted by Crippen LogP contribution is -1.98. The quantitative estimate of drug-likeness (QED) is 0.0900. The van der Waals surface area contributed by atoms with Gasteiger partial charge in [-0.1, -0.05) is 180 Å². The van der Waals surface area contributed by atoms with Gasteiger partial charge in [-0.15, -0.1) is 0 Å². The first-order valence-corrected chi connectivity index (χ1v) is 20.9. The number of aromatic nitrogens is 6. The molecule has 0 atom stereocenters. The van der Waals surface area contributed by atoms with Gasteiger partial charge < -0.3 is 0 Å². The highest BCUT2D eigenvalue weighted by Crippen LogP contribution is 2.33. The van der Waals surface area contributed by atoms with Crippen molar-refractivity contribution in [3.05, 3.63) is 202 Å². The van der Waals surface area contributed by atoms with Gasteiger partial charge in [0, 0.05) is 22.3 Å². The lowest BCUT2D eigenvalue weighted by atomic mass is 10.1. The first-order valence-electron chi connectivity index (χ1n) is 19.3. The third-order valence-corrected chi connectivity index (χ3v) is 12.2. The van der Waals surface area contributed by atoms with Gasteiger partial charge in [0.05, 0.1) is 43.9 Å². The third-order valence-electron chi connectivity index (χ3n) is 9.87. The number of nitrogens with zero attached hydrogens (tertiary/aromatic N) is 6. The van der Waals surface area contributed by atoms with E-state index in [9.17, 15) is 9.59 Å². The minimum Gasteiger partial charge on any atom is -0.288 e. The monoisotopic (exact) mass is 816 g/mol. The summed E-state index contributed by atoms with van der Waals surface area (Å²) in [7, 11) is 0. The van der Waals surface area contributed by atoms with E-state index in [4.69, 9.17) is 20.2 Å². The van der Waals surface area contributed by atoms with E-state index in [-0.39, 0.29) is 11.6 Å². The lowest BCUT2D eigenvalue weighted by molar-refractivity contribution is 0.104. The highest BCUT2D eigenvalue weighted by Gasteiger charge is 2.21. The van der Waals surface area contributed by atoms with Crippen LogP contribution in [0.25, 0.3) is 67.4 Å². The van der Waals surface area contributed by atoms with Crippen LogP contribution >= 0.6 is 22.7 Å². The van der Waals surface area contributed by atoms with Gasteiger partial charge in [0.2, 0.25) is 10.3 Å². The Morgan fingerprint density at radius 1 is 0.467 bits per heavy atom. The predicted octanol–water partition coefficient (Wildman–Crippen LogP) is 12.0. The summed E-state index contributed by atoms with van der Waals surface area (Å²) in [6.07, 6.45) is 6.73. The van der Waals surface area contributed by atoms with Gasteiger partial charge in [-0.2, -0.15) is 10.2 Å². The van der Waals surface area contributed by atoms with E-state index in [2.05, 4.69) is 12.1 Å². The van der Waals surface area contributed by atoms with E-state index in [0.29, 0.717) is 31.4 Å². The zero-order chi connectivity index (χ0) is 41.0. The van der Waals surface area contributed by atoms with E-state index in [0.717, 1.165) is 56.2 Å². The topological polar surface area (TPSA) is 95.6 Å². The molecule has 0 aliphatic carbocycles. The van der Waals surface area contributed by atoms with Crippen molar-refractivity contribution in [3.8, 4) is 55.3 Å². The second kappa shape index (κ2) is 16.8. The minimum absolute atomic E-state index is 0.135. The van der Waals surface area contributed by atoms with Crippen molar-refractivity contribution in [1.29, 1.82) is 0 Å². The number of carbonyl (C=O) groups excluding carboxylic acids is 2. The molecule has 5 aromatic carbocycles. The number of hydrogen-bond acceptors (Lipinski definition) is 8. The van der Waals surface area contributed by atoms with Crippen molar-refractivity contribution in [1.82, 2.24) is 29.5 Å². The minimum atomic E-state index is -0.135. The summed E-state index contributed by atoms with van der Waals surface area (Å²) in [4.78, 5) is 37.7. The fourth-order valence-corrected chi connectivity index (χ4v) is 8.70. The molecule has 0 saturated heterocycles. The van der Waals surface area contributed by atoms with Crippen LogP contribution in [0, 0.1) is 13.8 Å². The molecule has 0 aliphatic rings. The number of benzene rings is 5.